The number of rotatable bonds is 4. The molecule has 2 aromatic rings. The SMILES string of the molecule is COc1ccc(C(=O)N=C2N=C(/C(C(=O)OC(C)(C)C)=C(/C)O)c3ccccc32)cc1. The van der Waals surface area contributed by atoms with E-state index in [0.717, 1.165) is 0 Å². The zero-order valence-electron chi connectivity index (χ0n) is 18.1. The van der Waals surface area contributed by atoms with Gasteiger partial charge < -0.3 is 14.6 Å². The van der Waals surface area contributed by atoms with Gasteiger partial charge in [0, 0.05) is 16.7 Å². The molecule has 0 atom stereocenters. The molecular weight excluding hydrogens is 396 g/mol. The van der Waals surface area contributed by atoms with Gasteiger partial charge in [0.1, 0.15) is 22.7 Å². The van der Waals surface area contributed by atoms with Gasteiger partial charge in [-0.05, 0) is 52.0 Å². The van der Waals surface area contributed by atoms with Crippen LogP contribution < -0.4 is 4.74 Å². The van der Waals surface area contributed by atoms with Crippen molar-refractivity contribution in [1.82, 2.24) is 0 Å². The van der Waals surface area contributed by atoms with E-state index in [1.54, 1.807) is 76.4 Å². The van der Waals surface area contributed by atoms with Crippen LogP contribution in [0.3, 0.4) is 0 Å². The van der Waals surface area contributed by atoms with E-state index < -0.39 is 17.5 Å². The number of nitrogens with zero attached hydrogens (tertiary/aromatic N) is 2. The minimum absolute atomic E-state index is 0.0653. The highest BCUT2D eigenvalue weighted by molar-refractivity contribution is 6.36. The molecule has 0 radical (unpaired) electrons. The summed E-state index contributed by atoms with van der Waals surface area (Å²) in [5.74, 6) is -0.634. The topological polar surface area (TPSA) is 97.6 Å². The highest BCUT2D eigenvalue weighted by Crippen LogP contribution is 2.27. The Hall–Kier alpha value is -3.74. The molecule has 3 rings (SSSR count). The molecule has 7 heteroatoms. The second-order valence-corrected chi connectivity index (χ2v) is 7.94. The van der Waals surface area contributed by atoms with E-state index in [2.05, 4.69) is 9.98 Å². The van der Waals surface area contributed by atoms with Gasteiger partial charge >= 0.3 is 5.97 Å². The summed E-state index contributed by atoms with van der Waals surface area (Å²) in [6.07, 6.45) is 0. The number of amidine groups is 1. The van der Waals surface area contributed by atoms with Crippen LogP contribution in [0.15, 0.2) is 69.8 Å². The maximum atomic E-state index is 12.8. The quantitative estimate of drug-likeness (QED) is 0.453. The number of amides is 1. The fourth-order valence-electron chi connectivity index (χ4n) is 3.03. The van der Waals surface area contributed by atoms with Crippen molar-refractivity contribution in [2.45, 2.75) is 33.3 Å². The van der Waals surface area contributed by atoms with E-state index in [1.807, 2.05) is 0 Å². The lowest BCUT2D eigenvalue weighted by atomic mass is 9.99. The van der Waals surface area contributed by atoms with Crippen LogP contribution in [0.5, 0.6) is 5.75 Å². The summed E-state index contributed by atoms with van der Waals surface area (Å²) in [5, 5.41) is 10.2. The first kappa shape index (κ1) is 22.0. The largest absolute Gasteiger partial charge is 0.512 e. The van der Waals surface area contributed by atoms with Crippen molar-refractivity contribution in [3.8, 4) is 5.75 Å². The van der Waals surface area contributed by atoms with Gasteiger partial charge in [-0.15, -0.1) is 0 Å². The van der Waals surface area contributed by atoms with E-state index in [1.165, 1.54) is 6.92 Å². The number of carbonyl (C=O) groups is 2. The summed E-state index contributed by atoms with van der Waals surface area (Å²) in [5.41, 5.74) is 0.934. The third-order valence-corrected chi connectivity index (χ3v) is 4.39. The number of fused-ring (bicyclic) bond motifs is 1. The molecule has 0 aliphatic carbocycles. The average molecular weight is 420 g/mol. The van der Waals surface area contributed by atoms with Crippen molar-refractivity contribution >= 4 is 23.4 Å². The van der Waals surface area contributed by atoms with Crippen molar-refractivity contribution < 1.29 is 24.2 Å². The Balaban J connectivity index is 2.05. The molecule has 1 amide bonds. The smallest absolute Gasteiger partial charge is 0.344 e. The maximum Gasteiger partial charge on any atom is 0.344 e. The van der Waals surface area contributed by atoms with Gasteiger partial charge in [-0.25, -0.2) is 9.79 Å². The predicted molar refractivity (Wildman–Crippen MR) is 118 cm³/mol. The molecule has 2 aromatic carbocycles. The first-order chi connectivity index (χ1) is 14.6. The number of methoxy groups -OCH3 is 1. The Morgan fingerprint density at radius 2 is 1.61 bits per heavy atom. The third-order valence-electron chi connectivity index (χ3n) is 4.39. The van der Waals surface area contributed by atoms with Crippen molar-refractivity contribution in [2.24, 2.45) is 9.98 Å². The summed E-state index contributed by atoms with van der Waals surface area (Å²) in [4.78, 5) is 34.1. The molecule has 1 aliphatic heterocycles. The monoisotopic (exact) mass is 420 g/mol. The minimum Gasteiger partial charge on any atom is -0.512 e. The van der Waals surface area contributed by atoms with Crippen molar-refractivity contribution in [3.63, 3.8) is 0 Å². The minimum atomic E-state index is -0.752. The van der Waals surface area contributed by atoms with Crippen LogP contribution in [0.1, 0.15) is 49.2 Å². The molecule has 1 N–H and O–H groups in total. The first-order valence-corrected chi connectivity index (χ1v) is 9.70. The lowest BCUT2D eigenvalue weighted by molar-refractivity contribution is -0.149. The van der Waals surface area contributed by atoms with Crippen LogP contribution in [0.25, 0.3) is 0 Å². The molecule has 31 heavy (non-hydrogen) atoms. The lowest BCUT2D eigenvalue weighted by Crippen LogP contribution is -2.28. The van der Waals surface area contributed by atoms with E-state index >= 15 is 0 Å². The van der Waals surface area contributed by atoms with E-state index in [0.29, 0.717) is 22.4 Å². The maximum absolute atomic E-state index is 12.8. The van der Waals surface area contributed by atoms with Gasteiger partial charge in [0.25, 0.3) is 5.91 Å². The Bertz CT molecular complexity index is 1120. The highest BCUT2D eigenvalue weighted by Gasteiger charge is 2.32. The van der Waals surface area contributed by atoms with E-state index in [4.69, 9.17) is 9.47 Å². The number of hydrogen-bond acceptors (Lipinski definition) is 5. The lowest BCUT2D eigenvalue weighted by Gasteiger charge is -2.21. The summed E-state index contributed by atoms with van der Waals surface area (Å²) < 4.78 is 10.5. The second-order valence-electron chi connectivity index (χ2n) is 7.94. The zero-order chi connectivity index (χ0) is 22.8. The molecular formula is C24H24N2O5. The molecule has 7 nitrogen and oxygen atoms in total. The first-order valence-electron chi connectivity index (χ1n) is 9.70. The Morgan fingerprint density at radius 3 is 2.16 bits per heavy atom. The standard InChI is InChI=1S/C24H24N2O5/c1-14(27)19(23(29)31-24(2,3)4)20-17-8-6-7-9-18(17)21(25-20)26-22(28)15-10-12-16(30-5)13-11-15/h6-13,27H,1-5H3/b19-14+,26-21?. The average Bonchev–Trinajstić information content (AvgIpc) is 3.04. The number of ether oxygens (including phenoxy) is 2. The molecule has 1 aliphatic rings. The molecule has 0 saturated heterocycles. The summed E-state index contributed by atoms with van der Waals surface area (Å²) >= 11 is 0. The normalized spacial score (nSPS) is 15.1. The summed E-state index contributed by atoms with van der Waals surface area (Å²) in [6, 6.07) is 13.6. The van der Waals surface area contributed by atoms with Crippen LogP contribution in [0.4, 0.5) is 0 Å². The summed E-state index contributed by atoms with van der Waals surface area (Å²) in [6.45, 7) is 6.60. The van der Waals surface area contributed by atoms with Gasteiger partial charge in [-0.3, -0.25) is 4.79 Å². The number of benzene rings is 2. The molecule has 0 bridgehead atoms. The zero-order valence-corrected chi connectivity index (χ0v) is 18.1. The number of hydrogen-bond donors (Lipinski definition) is 1. The van der Waals surface area contributed by atoms with Crippen LogP contribution in [-0.2, 0) is 9.53 Å². The predicted octanol–water partition coefficient (Wildman–Crippen LogP) is 4.26. The molecule has 0 aromatic heterocycles. The van der Waals surface area contributed by atoms with Crippen molar-refractivity contribution in [3.05, 3.63) is 76.6 Å². The molecule has 0 saturated carbocycles. The van der Waals surface area contributed by atoms with E-state index in [9.17, 15) is 14.7 Å². The second kappa shape index (κ2) is 8.55. The molecule has 160 valence electrons. The summed E-state index contributed by atoms with van der Waals surface area (Å²) in [7, 11) is 1.54. The van der Waals surface area contributed by atoms with Gasteiger partial charge in [-0.2, -0.15) is 4.99 Å². The van der Waals surface area contributed by atoms with Crippen LogP contribution in [0, 0.1) is 0 Å². The fourth-order valence-corrected chi connectivity index (χ4v) is 3.03. The van der Waals surface area contributed by atoms with Gasteiger partial charge in [0.2, 0.25) is 0 Å². The molecule has 0 spiro atoms. The number of aliphatic imine (C=N–C) groups is 2. The molecule has 0 unspecified atom stereocenters. The van der Waals surface area contributed by atoms with E-state index in [-0.39, 0.29) is 22.9 Å². The van der Waals surface area contributed by atoms with Gasteiger partial charge in [0.15, 0.2) is 5.84 Å². The third kappa shape index (κ3) is 4.88. The highest BCUT2D eigenvalue weighted by atomic mass is 16.6. The number of aliphatic hydroxyl groups is 1. The molecule has 0 fully saturated rings. The fraction of sp³-hybridized carbons (Fsp3) is 0.250. The van der Waals surface area contributed by atoms with Crippen molar-refractivity contribution in [2.75, 3.05) is 7.11 Å². The van der Waals surface area contributed by atoms with Crippen LogP contribution in [-0.4, -0.2) is 41.2 Å². The Labute approximate surface area is 180 Å². The van der Waals surface area contributed by atoms with Crippen LogP contribution >= 0.6 is 0 Å². The van der Waals surface area contributed by atoms with Crippen molar-refractivity contribution in [1.29, 1.82) is 0 Å². The Morgan fingerprint density at radius 1 is 1.00 bits per heavy atom. The van der Waals surface area contributed by atoms with Gasteiger partial charge in [-0.1, -0.05) is 24.3 Å². The van der Waals surface area contributed by atoms with Gasteiger partial charge in [0.05, 0.1) is 12.8 Å². The number of carbonyl (C=O) groups excluding carboxylic acids is 2. The number of allylic oxidation sites excluding steroid dienone is 1. The van der Waals surface area contributed by atoms with Crippen LogP contribution in [0.2, 0.25) is 0 Å². The Kier molecular flexibility index (Phi) is 6.06. The molecule has 1 heterocycles. The number of aliphatic hydroxyl groups excluding tert-OH is 1. The number of esters is 1.